The normalized spacial score (nSPS) is 14.8. The van der Waals surface area contributed by atoms with Crippen molar-refractivity contribution in [2.45, 2.75) is 38.2 Å². The maximum Gasteiger partial charge on any atom is 0.266 e. The highest BCUT2D eigenvalue weighted by molar-refractivity contribution is 6.00. The molecule has 2 heterocycles. The number of nitrogens with one attached hydrogen (secondary N) is 2. The minimum absolute atomic E-state index is 0.127. The van der Waals surface area contributed by atoms with E-state index in [0.29, 0.717) is 59.8 Å². The van der Waals surface area contributed by atoms with Gasteiger partial charge in [0, 0.05) is 26.7 Å². The number of nitrogens with zero attached hydrogens (tertiary/aromatic N) is 5. The number of anilines is 1. The molecule has 0 radical (unpaired) electrons. The van der Waals surface area contributed by atoms with Gasteiger partial charge in [0.2, 0.25) is 0 Å². The van der Waals surface area contributed by atoms with Gasteiger partial charge in [-0.15, -0.1) is 0 Å². The first-order chi connectivity index (χ1) is 19.0. The van der Waals surface area contributed by atoms with Crippen molar-refractivity contribution in [3.8, 4) is 11.5 Å². The Morgan fingerprint density at radius 1 is 1.21 bits per heavy atom. The number of benzene rings is 1. The summed E-state index contributed by atoms with van der Waals surface area (Å²) in [6.45, 7) is 8.77. The number of piperidine rings is 1. The smallest absolute Gasteiger partial charge is 0.266 e. The molecule has 0 aliphatic carbocycles. The summed E-state index contributed by atoms with van der Waals surface area (Å²) in [5.41, 5.74) is 4.30. The van der Waals surface area contributed by atoms with Crippen molar-refractivity contribution >= 4 is 17.6 Å². The molecule has 12 heteroatoms. The number of rotatable bonds is 12. The lowest BCUT2D eigenvalue weighted by Gasteiger charge is -2.33. The fourth-order valence-electron chi connectivity index (χ4n) is 4.62. The third-order valence-corrected chi connectivity index (χ3v) is 6.77. The summed E-state index contributed by atoms with van der Waals surface area (Å²) in [4.78, 5) is 23.0. The molecular formula is C27H37N7O5. The van der Waals surface area contributed by atoms with E-state index in [9.17, 15) is 9.90 Å². The molecule has 1 fully saturated rings. The van der Waals surface area contributed by atoms with Gasteiger partial charge in [-0.3, -0.25) is 4.79 Å². The number of ether oxygens (including phenoxy) is 3. The van der Waals surface area contributed by atoms with Gasteiger partial charge in [0.15, 0.2) is 0 Å². The lowest BCUT2D eigenvalue weighted by Crippen LogP contribution is -2.38. The van der Waals surface area contributed by atoms with Crippen LogP contribution in [-0.4, -0.2) is 79.6 Å². The van der Waals surface area contributed by atoms with Crippen molar-refractivity contribution < 1.29 is 24.1 Å². The molecule has 1 aliphatic rings. The summed E-state index contributed by atoms with van der Waals surface area (Å²) in [5, 5.41) is 20.2. The minimum Gasteiger partial charge on any atom is -0.496 e. The number of carbonyl (C=O) groups excluding carboxylic acids is 1. The second-order valence-corrected chi connectivity index (χ2v) is 9.15. The number of likely N-dealkylation sites (tertiary alicyclic amines) is 1. The van der Waals surface area contributed by atoms with E-state index in [0.717, 1.165) is 32.1 Å². The monoisotopic (exact) mass is 539 g/mol. The number of carbonyl (C=O) groups is 1. The molecule has 1 amide bonds. The van der Waals surface area contributed by atoms with E-state index in [2.05, 4.69) is 30.9 Å². The van der Waals surface area contributed by atoms with Gasteiger partial charge >= 0.3 is 0 Å². The summed E-state index contributed by atoms with van der Waals surface area (Å²) in [6, 6.07) is 5.19. The van der Waals surface area contributed by atoms with Crippen LogP contribution in [0.1, 0.15) is 54.1 Å². The van der Waals surface area contributed by atoms with Crippen LogP contribution < -0.4 is 20.2 Å². The third-order valence-electron chi connectivity index (χ3n) is 6.77. The highest BCUT2D eigenvalue weighted by atomic mass is 16.5. The van der Waals surface area contributed by atoms with E-state index in [1.54, 1.807) is 30.6 Å². The zero-order valence-electron chi connectivity index (χ0n) is 22.7. The van der Waals surface area contributed by atoms with Gasteiger partial charge in [0.05, 0.1) is 38.9 Å². The highest BCUT2D eigenvalue weighted by Gasteiger charge is 2.29. The molecule has 0 spiro atoms. The van der Waals surface area contributed by atoms with Gasteiger partial charge in [0.1, 0.15) is 23.2 Å². The highest BCUT2D eigenvalue weighted by Crippen LogP contribution is 2.35. The molecule has 12 nitrogen and oxygen atoms in total. The molecule has 1 aliphatic heterocycles. The topological polar surface area (TPSA) is 135 Å². The Hall–Kier alpha value is -3.95. The first-order valence-corrected chi connectivity index (χ1v) is 12.9. The van der Waals surface area contributed by atoms with Crippen LogP contribution in [0.3, 0.4) is 0 Å². The van der Waals surface area contributed by atoms with Crippen LogP contribution in [0.5, 0.6) is 11.5 Å². The van der Waals surface area contributed by atoms with Crippen LogP contribution in [0.15, 0.2) is 35.6 Å². The van der Waals surface area contributed by atoms with Gasteiger partial charge in [-0.2, -0.15) is 21.7 Å². The summed E-state index contributed by atoms with van der Waals surface area (Å²) in [5.74, 6) is 1.59. The summed E-state index contributed by atoms with van der Waals surface area (Å²) >= 11 is 0. The van der Waals surface area contributed by atoms with E-state index in [1.165, 1.54) is 21.3 Å². The molecule has 1 aromatic heterocycles. The van der Waals surface area contributed by atoms with Crippen molar-refractivity contribution in [1.29, 1.82) is 0 Å². The second kappa shape index (κ2) is 15.5. The van der Waals surface area contributed by atoms with Crippen molar-refractivity contribution in [2.24, 2.45) is 10.9 Å². The predicted octanol–water partition coefficient (Wildman–Crippen LogP) is 3.09. The van der Waals surface area contributed by atoms with E-state index >= 15 is 0 Å². The van der Waals surface area contributed by atoms with E-state index in [1.807, 2.05) is 4.90 Å². The largest absolute Gasteiger partial charge is 0.496 e. The van der Waals surface area contributed by atoms with Crippen LogP contribution in [0, 0.1) is 12.5 Å². The number of unbranched alkanes of at least 4 members (excludes halogenated alkanes) is 1. The molecule has 3 N–H and O–H groups in total. The number of aliphatic imine (C=N–C) groups is 1. The predicted molar refractivity (Wildman–Crippen MR) is 147 cm³/mol. The fraction of sp³-hybridized carbons (Fsp3) is 0.519. The number of amides is 1. The van der Waals surface area contributed by atoms with Crippen molar-refractivity contribution in [3.63, 3.8) is 0 Å². The SMILES string of the molecule is [C-]#[N+]NC(=NCCCCC1CCN(C(=O)c2c(OC)cc(C(CO)OC)cc2OC)CC1)Nc1ccnnc1. The molecule has 1 saturated heterocycles. The summed E-state index contributed by atoms with van der Waals surface area (Å²) in [7, 11) is 4.54. The zero-order valence-corrected chi connectivity index (χ0v) is 22.7. The van der Waals surface area contributed by atoms with Gasteiger partial charge in [-0.25, -0.2) is 4.99 Å². The van der Waals surface area contributed by atoms with Crippen LogP contribution in [0.2, 0.25) is 0 Å². The number of hydrogen-bond donors (Lipinski definition) is 3. The van der Waals surface area contributed by atoms with Gasteiger partial charge in [-0.1, -0.05) is 18.3 Å². The van der Waals surface area contributed by atoms with Gasteiger partial charge in [-0.05, 0) is 48.9 Å². The minimum atomic E-state index is -0.538. The van der Waals surface area contributed by atoms with Crippen molar-refractivity contribution in [2.75, 3.05) is 52.9 Å². The molecule has 0 bridgehead atoms. The molecule has 0 saturated carbocycles. The molecule has 3 rings (SSSR count). The average molecular weight is 540 g/mol. The Bertz CT molecular complexity index is 1100. The quantitative estimate of drug-likeness (QED) is 0.122. The fourth-order valence-corrected chi connectivity index (χ4v) is 4.62. The van der Waals surface area contributed by atoms with Crippen LogP contribution in [-0.2, 0) is 4.74 Å². The van der Waals surface area contributed by atoms with Crippen molar-refractivity contribution in [3.05, 3.63) is 53.2 Å². The molecule has 1 aromatic carbocycles. The first kappa shape index (κ1) is 29.6. The molecular weight excluding hydrogens is 502 g/mol. The molecule has 1 unspecified atom stereocenters. The Morgan fingerprint density at radius 3 is 2.49 bits per heavy atom. The summed E-state index contributed by atoms with van der Waals surface area (Å²) < 4.78 is 16.4. The van der Waals surface area contributed by atoms with E-state index in [-0.39, 0.29) is 12.5 Å². The lowest BCUT2D eigenvalue weighted by atomic mass is 9.91. The number of guanidine groups is 1. The number of hydrogen-bond acceptors (Lipinski definition) is 8. The molecule has 2 aromatic rings. The second-order valence-electron chi connectivity index (χ2n) is 9.15. The first-order valence-electron chi connectivity index (χ1n) is 12.9. The van der Waals surface area contributed by atoms with E-state index < -0.39 is 6.10 Å². The zero-order chi connectivity index (χ0) is 28.0. The standard InChI is InChI=1S/C27H37N7O5/c1-28-33-27(32-21-8-12-30-31-17-21)29-11-6-5-7-19-9-13-34(14-10-19)26(36)25-22(37-2)15-20(16-23(25)38-3)24(18-35)39-4/h8,12,15-17,19,24,35H,5-7,9-11,13-14,18H2,2-4H3,(H2,29,30,32,33). The molecule has 210 valence electrons. The lowest BCUT2D eigenvalue weighted by molar-refractivity contribution is 0.0480. The third kappa shape index (κ3) is 8.27. The number of aromatic nitrogens is 2. The van der Waals surface area contributed by atoms with E-state index in [4.69, 9.17) is 20.8 Å². The number of aliphatic hydroxyl groups is 1. The van der Waals surface area contributed by atoms with Gasteiger partial charge < -0.3 is 29.5 Å². The Morgan fingerprint density at radius 2 is 1.92 bits per heavy atom. The van der Waals surface area contributed by atoms with Gasteiger partial charge in [0.25, 0.3) is 11.9 Å². The maximum absolute atomic E-state index is 13.5. The Balaban J connectivity index is 1.50. The van der Waals surface area contributed by atoms with Crippen LogP contribution >= 0.6 is 0 Å². The van der Waals surface area contributed by atoms with Crippen LogP contribution in [0.4, 0.5) is 5.69 Å². The molecule has 39 heavy (non-hydrogen) atoms. The Labute approximate surface area is 229 Å². The Kier molecular flexibility index (Phi) is 11.7. The van der Waals surface area contributed by atoms with Crippen molar-refractivity contribution in [1.82, 2.24) is 20.5 Å². The maximum atomic E-state index is 13.5. The molecule has 1 atom stereocenters. The van der Waals surface area contributed by atoms with Crippen LogP contribution in [0.25, 0.3) is 4.95 Å². The number of aliphatic hydroxyl groups excluding tert-OH is 1. The number of methoxy groups -OCH3 is 3. The summed E-state index contributed by atoms with van der Waals surface area (Å²) in [6.07, 6.45) is 7.41. The average Bonchev–Trinajstić information content (AvgIpc) is 2.97.